The molecule has 0 spiro atoms. The smallest absolute Gasteiger partial charge is 0.352 e. The molecule has 4 nitrogen and oxygen atoms in total. The first kappa shape index (κ1) is 14.8. The van der Waals surface area contributed by atoms with Crippen LogP contribution < -0.4 is 0 Å². The number of aromatic carboxylic acids is 1. The van der Waals surface area contributed by atoms with E-state index in [9.17, 15) is 14.3 Å². The van der Waals surface area contributed by atoms with Gasteiger partial charge in [-0.2, -0.15) is 5.26 Å². The number of benzene rings is 2. The van der Waals surface area contributed by atoms with Crippen molar-refractivity contribution in [2.24, 2.45) is 0 Å². The lowest BCUT2D eigenvalue weighted by Gasteiger charge is -2.09. The van der Waals surface area contributed by atoms with Crippen LogP contribution in [0.25, 0.3) is 10.9 Å². The monoisotopic (exact) mass is 308 g/mol. The van der Waals surface area contributed by atoms with Crippen molar-refractivity contribution in [3.05, 3.63) is 70.7 Å². The minimum atomic E-state index is -1.07. The number of nitriles is 1. The molecule has 0 aliphatic rings. The van der Waals surface area contributed by atoms with Gasteiger partial charge in [0.2, 0.25) is 0 Å². The molecule has 3 aromatic rings. The van der Waals surface area contributed by atoms with E-state index in [0.717, 1.165) is 5.56 Å². The van der Waals surface area contributed by atoms with Crippen molar-refractivity contribution in [3.8, 4) is 6.07 Å². The minimum absolute atomic E-state index is 0.0936. The summed E-state index contributed by atoms with van der Waals surface area (Å²) in [5, 5.41) is 19.0. The average molecular weight is 308 g/mol. The molecule has 23 heavy (non-hydrogen) atoms. The second-order valence-electron chi connectivity index (χ2n) is 5.34. The Labute approximate surface area is 132 Å². The van der Waals surface area contributed by atoms with Gasteiger partial charge < -0.3 is 9.67 Å². The summed E-state index contributed by atoms with van der Waals surface area (Å²) < 4.78 is 15.3. The van der Waals surface area contributed by atoms with Gasteiger partial charge in [-0.15, -0.1) is 0 Å². The third kappa shape index (κ3) is 2.55. The van der Waals surface area contributed by atoms with Gasteiger partial charge in [0.1, 0.15) is 11.5 Å². The van der Waals surface area contributed by atoms with E-state index in [1.165, 1.54) is 12.1 Å². The van der Waals surface area contributed by atoms with E-state index < -0.39 is 5.97 Å². The zero-order valence-corrected chi connectivity index (χ0v) is 12.4. The van der Waals surface area contributed by atoms with Crippen LogP contribution in [0.3, 0.4) is 0 Å². The Morgan fingerprint density at radius 1 is 1.30 bits per heavy atom. The molecule has 0 amide bonds. The summed E-state index contributed by atoms with van der Waals surface area (Å²) in [6.45, 7) is 1.93. The van der Waals surface area contributed by atoms with Crippen molar-refractivity contribution in [3.63, 3.8) is 0 Å². The zero-order valence-electron chi connectivity index (χ0n) is 12.4. The number of hydrogen-bond donors (Lipinski definition) is 1. The van der Waals surface area contributed by atoms with Crippen molar-refractivity contribution < 1.29 is 14.3 Å². The van der Waals surface area contributed by atoms with Crippen molar-refractivity contribution in [2.75, 3.05) is 0 Å². The molecule has 0 fully saturated rings. The number of aryl methyl sites for hydroxylation is 1. The van der Waals surface area contributed by atoms with Gasteiger partial charge in [0, 0.05) is 17.4 Å². The van der Waals surface area contributed by atoms with Crippen LogP contribution in [-0.4, -0.2) is 15.6 Å². The van der Waals surface area contributed by atoms with Crippen LogP contribution in [0.1, 0.15) is 27.2 Å². The van der Waals surface area contributed by atoms with E-state index in [1.54, 1.807) is 35.8 Å². The maximum atomic E-state index is 13.7. The van der Waals surface area contributed by atoms with Crippen LogP contribution in [0.2, 0.25) is 0 Å². The lowest BCUT2D eigenvalue weighted by molar-refractivity contribution is 0.0686. The summed E-state index contributed by atoms with van der Waals surface area (Å²) in [5.41, 5.74) is 2.50. The zero-order chi connectivity index (χ0) is 16.6. The number of aromatic nitrogens is 1. The average Bonchev–Trinajstić information content (AvgIpc) is 2.91. The lowest BCUT2D eigenvalue weighted by atomic mass is 10.1. The van der Waals surface area contributed by atoms with Crippen molar-refractivity contribution in [1.29, 1.82) is 5.26 Å². The van der Waals surface area contributed by atoms with Gasteiger partial charge in [0.05, 0.1) is 11.6 Å². The maximum absolute atomic E-state index is 13.7. The standard InChI is InChI=1S/C18H13FN2O2/c1-11-14-8-17(18(22)23)21(16(14)6-5-15(11)19)10-13-4-2-3-12(7-13)9-20/h2-8H,10H2,1H3,(H,22,23). The van der Waals surface area contributed by atoms with Crippen LogP contribution in [0.4, 0.5) is 4.39 Å². The summed E-state index contributed by atoms with van der Waals surface area (Å²) in [4.78, 5) is 11.5. The van der Waals surface area contributed by atoms with Crippen LogP contribution in [-0.2, 0) is 6.54 Å². The Hall–Kier alpha value is -3.13. The van der Waals surface area contributed by atoms with Gasteiger partial charge in [-0.3, -0.25) is 0 Å². The third-order valence-corrected chi connectivity index (χ3v) is 3.90. The fourth-order valence-corrected chi connectivity index (χ4v) is 2.72. The van der Waals surface area contributed by atoms with Gasteiger partial charge in [0.25, 0.3) is 0 Å². The molecule has 114 valence electrons. The largest absolute Gasteiger partial charge is 0.477 e. The maximum Gasteiger partial charge on any atom is 0.352 e. The summed E-state index contributed by atoms with van der Waals surface area (Å²) in [6, 6.07) is 13.5. The Kier molecular flexibility index (Phi) is 3.59. The second-order valence-corrected chi connectivity index (χ2v) is 5.34. The molecule has 5 heteroatoms. The van der Waals surface area contributed by atoms with Crippen molar-refractivity contribution in [1.82, 2.24) is 4.57 Å². The molecule has 0 saturated carbocycles. The van der Waals surface area contributed by atoms with Crippen LogP contribution in [0.5, 0.6) is 0 Å². The number of rotatable bonds is 3. The van der Waals surface area contributed by atoms with E-state index in [4.69, 9.17) is 5.26 Å². The molecular weight excluding hydrogens is 295 g/mol. The molecule has 1 heterocycles. The highest BCUT2D eigenvalue weighted by Gasteiger charge is 2.17. The Balaban J connectivity index is 2.19. The number of carboxylic acids is 1. The van der Waals surface area contributed by atoms with Gasteiger partial charge in [-0.1, -0.05) is 12.1 Å². The molecule has 0 aliphatic carbocycles. The lowest BCUT2D eigenvalue weighted by Crippen LogP contribution is -2.09. The third-order valence-electron chi connectivity index (χ3n) is 3.90. The first-order chi connectivity index (χ1) is 11.0. The molecule has 0 radical (unpaired) electrons. The number of fused-ring (bicyclic) bond motifs is 1. The number of carbonyl (C=O) groups is 1. The predicted octanol–water partition coefficient (Wildman–Crippen LogP) is 3.71. The van der Waals surface area contributed by atoms with Gasteiger partial charge >= 0.3 is 5.97 Å². The van der Waals surface area contributed by atoms with E-state index in [1.807, 2.05) is 6.07 Å². The van der Waals surface area contributed by atoms with E-state index in [-0.39, 0.29) is 11.5 Å². The molecule has 1 aromatic heterocycles. The quantitative estimate of drug-likeness (QED) is 0.802. The normalized spacial score (nSPS) is 10.7. The number of hydrogen-bond acceptors (Lipinski definition) is 2. The SMILES string of the molecule is Cc1c(F)ccc2c1cc(C(=O)O)n2Cc1cccc(C#N)c1. The highest BCUT2D eigenvalue weighted by atomic mass is 19.1. The molecule has 0 saturated heterocycles. The molecule has 3 rings (SSSR count). The topological polar surface area (TPSA) is 66.0 Å². The summed E-state index contributed by atoms with van der Waals surface area (Å²) in [5.74, 6) is -1.43. The minimum Gasteiger partial charge on any atom is -0.477 e. The van der Waals surface area contributed by atoms with E-state index in [2.05, 4.69) is 6.07 Å². The molecule has 1 N–H and O–H groups in total. The van der Waals surface area contributed by atoms with E-state index >= 15 is 0 Å². The van der Waals surface area contributed by atoms with Gasteiger partial charge in [-0.05, 0) is 48.4 Å². The molecule has 0 unspecified atom stereocenters. The van der Waals surface area contributed by atoms with Crippen LogP contribution >= 0.6 is 0 Å². The fourth-order valence-electron chi connectivity index (χ4n) is 2.72. The molecular formula is C18H13FN2O2. The summed E-state index contributed by atoms with van der Waals surface area (Å²) >= 11 is 0. The fraction of sp³-hybridized carbons (Fsp3) is 0.111. The highest BCUT2D eigenvalue weighted by Crippen LogP contribution is 2.26. The van der Waals surface area contributed by atoms with Crippen molar-refractivity contribution >= 4 is 16.9 Å². The van der Waals surface area contributed by atoms with Gasteiger partial charge in [-0.25, -0.2) is 9.18 Å². The Morgan fingerprint density at radius 3 is 2.78 bits per heavy atom. The molecule has 0 aliphatic heterocycles. The van der Waals surface area contributed by atoms with Crippen LogP contribution in [0.15, 0.2) is 42.5 Å². The Morgan fingerprint density at radius 2 is 2.09 bits per heavy atom. The van der Waals surface area contributed by atoms with Crippen LogP contribution in [0, 0.1) is 24.1 Å². The number of halogens is 1. The summed E-state index contributed by atoms with van der Waals surface area (Å²) in [7, 11) is 0. The second kappa shape index (κ2) is 5.58. The van der Waals surface area contributed by atoms with Crippen molar-refractivity contribution in [2.45, 2.75) is 13.5 Å². The van der Waals surface area contributed by atoms with E-state index in [0.29, 0.717) is 28.6 Å². The number of nitrogens with zero attached hydrogens (tertiary/aromatic N) is 2. The Bertz CT molecular complexity index is 967. The van der Waals surface area contributed by atoms with Gasteiger partial charge in [0.15, 0.2) is 0 Å². The predicted molar refractivity (Wildman–Crippen MR) is 83.9 cm³/mol. The molecule has 2 aromatic carbocycles. The first-order valence-electron chi connectivity index (χ1n) is 7.02. The first-order valence-corrected chi connectivity index (χ1v) is 7.02. The highest BCUT2D eigenvalue weighted by molar-refractivity contribution is 5.96. The molecule has 0 atom stereocenters. The summed E-state index contributed by atoms with van der Waals surface area (Å²) in [6.07, 6.45) is 0. The number of carboxylic acid groups (broad SMARTS) is 1. The molecule has 0 bridgehead atoms.